The Hall–Kier alpha value is -2.89. The molecular formula is C14H13NO5. The van der Waals surface area contributed by atoms with E-state index in [0.717, 1.165) is 0 Å². The lowest BCUT2D eigenvalue weighted by molar-refractivity contribution is 0.0694. The molecule has 0 heterocycles. The van der Waals surface area contributed by atoms with Crippen molar-refractivity contribution < 1.29 is 25.2 Å². The monoisotopic (exact) mass is 275 g/mol. The first-order valence-corrected chi connectivity index (χ1v) is 5.78. The van der Waals surface area contributed by atoms with Gasteiger partial charge in [0.25, 0.3) is 0 Å². The zero-order chi connectivity index (χ0) is 14.7. The smallest absolute Gasteiger partial charge is 0.339 e. The average Bonchev–Trinajstić information content (AvgIpc) is 2.39. The predicted molar refractivity (Wildman–Crippen MR) is 72.2 cm³/mol. The Morgan fingerprint density at radius 2 is 1.75 bits per heavy atom. The van der Waals surface area contributed by atoms with Crippen LogP contribution in [0.25, 0.3) is 0 Å². The third-order valence-electron chi connectivity index (χ3n) is 2.77. The minimum absolute atomic E-state index is 0.0293. The summed E-state index contributed by atoms with van der Waals surface area (Å²) in [5.74, 6) is -1.49. The second-order valence-corrected chi connectivity index (χ2v) is 4.20. The molecule has 6 heteroatoms. The zero-order valence-electron chi connectivity index (χ0n) is 10.4. The molecule has 0 saturated carbocycles. The number of carbonyl (C=O) groups is 1. The number of hydrogen-bond donors (Lipinski definition) is 5. The van der Waals surface area contributed by atoms with Crippen LogP contribution in [0.1, 0.15) is 15.9 Å². The Morgan fingerprint density at radius 1 is 1.00 bits per heavy atom. The number of hydrogen-bond acceptors (Lipinski definition) is 5. The van der Waals surface area contributed by atoms with E-state index in [1.165, 1.54) is 36.4 Å². The molecule has 5 N–H and O–H groups in total. The summed E-state index contributed by atoms with van der Waals surface area (Å²) in [7, 11) is 0. The molecule has 0 unspecified atom stereocenters. The van der Waals surface area contributed by atoms with E-state index in [1.807, 2.05) is 0 Å². The fourth-order valence-electron chi connectivity index (χ4n) is 1.73. The molecule has 0 aromatic heterocycles. The Bertz CT molecular complexity index is 654. The van der Waals surface area contributed by atoms with Gasteiger partial charge in [0.2, 0.25) is 0 Å². The van der Waals surface area contributed by atoms with Gasteiger partial charge in [-0.3, -0.25) is 0 Å². The van der Waals surface area contributed by atoms with Gasteiger partial charge in [-0.15, -0.1) is 0 Å². The third-order valence-corrected chi connectivity index (χ3v) is 2.77. The molecule has 0 aliphatic rings. The van der Waals surface area contributed by atoms with E-state index < -0.39 is 5.97 Å². The topological polar surface area (TPSA) is 110 Å². The lowest BCUT2D eigenvalue weighted by atomic mass is 10.1. The number of aromatic carboxylic acids is 1. The molecule has 0 spiro atoms. The summed E-state index contributed by atoms with van der Waals surface area (Å²) in [6.45, 7) is 0.214. The number of rotatable bonds is 4. The number of benzene rings is 2. The van der Waals surface area contributed by atoms with Crippen LogP contribution in [-0.2, 0) is 6.54 Å². The SMILES string of the molecule is O=C(O)c1ccc(NCc2cc(O)ccc2O)cc1O. The number of nitrogens with one attached hydrogen (secondary N) is 1. The van der Waals surface area contributed by atoms with E-state index in [1.54, 1.807) is 0 Å². The van der Waals surface area contributed by atoms with Crippen LogP contribution in [0.4, 0.5) is 5.69 Å². The second-order valence-electron chi connectivity index (χ2n) is 4.20. The molecule has 0 aliphatic heterocycles. The van der Waals surface area contributed by atoms with Gasteiger partial charge < -0.3 is 25.7 Å². The molecule has 0 amide bonds. The first-order chi connectivity index (χ1) is 9.47. The van der Waals surface area contributed by atoms with Gasteiger partial charge in [-0.05, 0) is 30.3 Å². The van der Waals surface area contributed by atoms with Crippen molar-refractivity contribution in [1.82, 2.24) is 0 Å². The number of phenolic OH excluding ortho intramolecular Hbond substituents is 2. The Labute approximate surface area is 114 Å². The zero-order valence-corrected chi connectivity index (χ0v) is 10.4. The van der Waals surface area contributed by atoms with Gasteiger partial charge in [0, 0.05) is 23.9 Å². The van der Waals surface area contributed by atoms with Gasteiger partial charge in [-0.1, -0.05) is 0 Å². The first-order valence-electron chi connectivity index (χ1n) is 5.78. The van der Waals surface area contributed by atoms with Gasteiger partial charge in [0.05, 0.1) is 0 Å². The number of carboxylic acids is 1. The van der Waals surface area contributed by atoms with Crippen molar-refractivity contribution in [3.8, 4) is 17.2 Å². The van der Waals surface area contributed by atoms with Gasteiger partial charge in [0.15, 0.2) is 0 Å². The van der Waals surface area contributed by atoms with E-state index in [2.05, 4.69) is 5.32 Å². The van der Waals surface area contributed by atoms with E-state index in [0.29, 0.717) is 11.3 Å². The van der Waals surface area contributed by atoms with Gasteiger partial charge in [0.1, 0.15) is 22.8 Å². The molecule has 0 radical (unpaired) electrons. The fourth-order valence-corrected chi connectivity index (χ4v) is 1.73. The highest BCUT2D eigenvalue weighted by Crippen LogP contribution is 2.25. The number of anilines is 1. The minimum Gasteiger partial charge on any atom is -0.508 e. The summed E-state index contributed by atoms with van der Waals surface area (Å²) in [4.78, 5) is 10.8. The molecule has 0 aliphatic carbocycles. The Kier molecular flexibility index (Phi) is 3.65. The largest absolute Gasteiger partial charge is 0.508 e. The van der Waals surface area contributed by atoms with Crippen LogP contribution in [0.2, 0.25) is 0 Å². The third kappa shape index (κ3) is 2.92. The Balaban J connectivity index is 2.13. The van der Waals surface area contributed by atoms with Crippen LogP contribution in [0, 0.1) is 0 Å². The summed E-state index contributed by atoms with van der Waals surface area (Å²) in [6, 6.07) is 8.21. The van der Waals surface area contributed by atoms with Crippen molar-refractivity contribution in [2.24, 2.45) is 0 Å². The number of phenols is 3. The molecule has 0 fully saturated rings. The maximum absolute atomic E-state index is 10.8. The molecule has 104 valence electrons. The van der Waals surface area contributed by atoms with Crippen molar-refractivity contribution >= 4 is 11.7 Å². The van der Waals surface area contributed by atoms with Crippen LogP contribution in [0.5, 0.6) is 17.2 Å². The van der Waals surface area contributed by atoms with Crippen LogP contribution >= 0.6 is 0 Å². The lowest BCUT2D eigenvalue weighted by Gasteiger charge is -2.09. The summed E-state index contributed by atoms with van der Waals surface area (Å²) < 4.78 is 0. The second kappa shape index (κ2) is 5.40. The van der Waals surface area contributed by atoms with Crippen molar-refractivity contribution in [2.45, 2.75) is 6.54 Å². The van der Waals surface area contributed by atoms with Crippen molar-refractivity contribution in [3.63, 3.8) is 0 Å². The van der Waals surface area contributed by atoms with E-state index in [4.69, 9.17) is 5.11 Å². The highest BCUT2D eigenvalue weighted by atomic mass is 16.4. The standard InChI is InChI=1S/C14H13NO5/c16-10-2-4-12(17)8(5-10)7-15-9-1-3-11(14(19)20)13(18)6-9/h1-6,15-18H,7H2,(H,19,20). The maximum atomic E-state index is 10.8. The quantitative estimate of drug-likeness (QED) is 0.547. The maximum Gasteiger partial charge on any atom is 0.339 e. The summed E-state index contributed by atoms with van der Waals surface area (Å²) >= 11 is 0. The van der Waals surface area contributed by atoms with Crippen LogP contribution < -0.4 is 5.32 Å². The van der Waals surface area contributed by atoms with Crippen LogP contribution in [0.3, 0.4) is 0 Å². The van der Waals surface area contributed by atoms with Crippen molar-refractivity contribution in [1.29, 1.82) is 0 Å². The predicted octanol–water partition coefficient (Wildman–Crippen LogP) is 2.11. The van der Waals surface area contributed by atoms with E-state index in [9.17, 15) is 20.1 Å². The molecule has 2 rings (SSSR count). The molecular weight excluding hydrogens is 262 g/mol. The molecule has 20 heavy (non-hydrogen) atoms. The highest BCUT2D eigenvalue weighted by Gasteiger charge is 2.10. The molecule has 2 aromatic rings. The summed E-state index contributed by atoms with van der Waals surface area (Å²) in [5, 5.41) is 40.2. The van der Waals surface area contributed by atoms with Crippen LogP contribution in [0.15, 0.2) is 36.4 Å². The highest BCUT2D eigenvalue weighted by molar-refractivity contribution is 5.91. The first kappa shape index (κ1) is 13.5. The fraction of sp³-hybridized carbons (Fsp3) is 0.0714. The Morgan fingerprint density at radius 3 is 2.40 bits per heavy atom. The minimum atomic E-state index is -1.21. The summed E-state index contributed by atoms with van der Waals surface area (Å²) in [6.07, 6.45) is 0. The molecule has 6 nitrogen and oxygen atoms in total. The van der Waals surface area contributed by atoms with Gasteiger partial charge >= 0.3 is 5.97 Å². The van der Waals surface area contributed by atoms with Crippen molar-refractivity contribution in [2.75, 3.05) is 5.32 Å². The van der Waals surface area contributed by atoms with Crippen LogP contribution in [-0.4, -0.2) is 26.4 Å². The summed E-state index contributed by atoms with van der Waals surface area (Å²) in [5.41, 5.74) is 0.790. The van der Waals surface area contributed by atoms with Gasteiger partial charge in [-0.25, -0.2) is 4.79 Å². The van der Waals surface area contributed by atoms with E-state index in [-0.39, 0.29) is 29.4 Å². The lowest BCUT2D eigenvalue weighted by Crippen LogP contribution is -2.01. The van der Waals surface area contributed by atoms with Gasteiger partial charge in [-0.2, -0.15) is 0 Å². The number of aromatic hydroxyl groups is 3. The normalized spacial score (nSPS) is 10.2. The van der Waals surface area contributed by atoms with Crippen molar-refractivity contribution in [3.05, 3.63) is 47.5 Å². The van der Waals surface area contributed by atoms with E-state index >= 15 is 0 Å². The molecule has 2 aromatic carbocycles. The number of carboxylic acid groups (broad SMARTS) is 1. The molecule has 0 atom stereocenters. The molecule has 0 bridgehead atoms. The average molecular weight is 275 g/mol. The molecule has 0 saturated heterocycles.